The molecule has 0 aliphatic carbocycles. The van der Waals surface area contributed by atoms with Gasteiger partial charge in [0.1, 0.15) is 0 Å². The van der Waals surface area contributed by atoms with Crippen LogP contribution in [0.15, 0.2) is 29.0 Å². The molecule has 4 heteroatoms. The Kier molecular flexibility index (Phi) is 6.47. The van der Waals surface area contributed by atoms with Crippen LogP contribution in [-0.4, -0.2) is 29.7 Å². The van der Waals surface area contributed by atoms with Gasteiger partial charge in [0.25, 0.3) is 0 Å². The molecule has 2 aromatic heterocycles. The summed E-state index contributed by atoms with van der Waals surface area (Å²) in [6.07, 6.45) is 1.63. The quantitative estimate of drug-likeness (QED) is 0.822. The van der Waals surface area contributed by atoms with Gasteiger partial charge < -0.3 is 5.11 Å². The molecule has 0 fully saturated rings. The molecule has 21 heavy (non-hydrogen) atoms. The van der Waals surface area contributed by atoms with Gasteiger partial charge in [0.2, 0.25) is 0 Å². The lowest BCUT2D eigenvalue weighted by atomic mass is 10.1. The van der Waals surface area contributed by atoms with Crippen molar-refractivity contribution in [3.8, 4) is 11.8 Å². The van der Waals surface area contributed by atoms with E-state index in [1.807, 2.05) is 11.3 Å². The Morgan fingerprint density at radius 3 is 2.86 bits per heavy atom. The molecule has 0 saturated heterocycles. The summed E-state index contributed by atoms with van der Waals surface area (Å²) >= 11 is 3.58. The second-order valence-corrected chi connectivity index (χ2v) is 7.11. The lowest BCUT2D eigenvalue weighted by molar-refractivity contribution is 0.251. The van der Waals surface area contributed by atoms with Gasteiger partial charge in [-0.15, -0.1) is 22.7 Å². The van der Waals surface area contributed by atoms with E-state index in [1.54, 1.807) is 11.3 Å². The van der Waals surface area contributed by atoms with Gasteiger partial charge in [-0.05, 0) is 43.3 Å². The third kappa shape index (κ3) is 4.98. The highest BCUT2D eigenvalue weighted by Crippen LogP contribution is 2.20. The minimum absolute atomic E-state index is 0.129. The molecule has 0 bridgehead atoms. The monoisotopic (exact) mass is 319 g/mol. The molecular formula is C17H21NOS2. The van der Waals surface area contributed by atoms with Crippen LogP contribution in [0.2, 0.25) is 0 Å². The van der Waals surface area contributed by atoms with Crippen molar-refractivity contribution in [1.82, 2.24) is 4.90 Å². The van der Waals surface area contributed by atoms with Crippen LogP contribution in [-0.2, 0) is 13.0 Å². The fraction of sp³-hybridized carbons (Fsp3) is 0.412. The maximum Gasteiger partial charge on any atom is 0.0540 e. The minimum Gasteiger partial charge on any atom is -0.395 e. The fourth-order valence-corrected chi connectivity index (χ4v) is 3.77. The van der Waals surface area contributed by atoms with E-state index in [-0.39, 0.29) is 6.61 Å². The summed E-state index contributed by atoms with van der Waals surface area (Å²) in [6, 6.07) is 6.89. The highest BCUT2D eigenvalue weighted by Gasteiger charge is 2.13. The molecule has 0 spiro atoms. The zero-order valence-corrected chi connectivity index (χ0v) is 14.1. The molecule has 1 N–H and O–H groups in total. The first-order chi connectivity index (χ1) is 10.2. The molecule has 2 aromatic rings. The third-order valence-corrected chi connectivity index (χ3v) is 5.23. The van der Waals surface area contributed by atoms with E-state index in [9.17, 15) is 0 Å². The SMILES string of the molecule is CC(Cc1cccs1)N(C)Cc1sccc1C#CCCO. The molecule has 0 radical (unpaired) electrons. The predicted octanol–water partition coefficient (Wildman–Crippen LogP) is 3.61. The van der Waals surface area contributed by atoms with Crippen LogP contribution in [0.1, 0.15) is 28.7 Å². The van der Waals surface area contributed by atoms with E-state index in [0.717, 1.165) is 18.5 Å². The molecule has 0 amide bonds. The maximum absolute atomic E-state index is 8.80. The Morgan fingerprint density at radius 2 is 2.14 bits per heavy atom. The average Bonchev–Trinajstić information content (AvgIpc) is 3.11. The standard InChI is InChI=1S/C17H21NOS2/c1-14(12-16-7-5-10-20-16)18(2)13-17-15(8-11-21-17)6-3-4-9-19/h5,7-8,10-11,14,19H,4,9,12-13H2,1-2H3. The summed E-state index contributed by atoms with van der Waals surface area (Å²) in [6.45, 7) is 3.32. The van der Waals surface area contributed by atoms with Crippen molar-refractivity contribution in [2.75, 3.05) is 13.7 Å². The Hall–Kier alpha value is -1.12. The number of rotatable bonds is 6. The van der Waals surface area contributed by atoms with Crippen molar-refractivity contribution in [2.45, 2.75) is 32.4 Å². The Bertz CT molecular complexity index is 592. The van der Waals surface area contributed by atoms with E-state index in [2.05, 4.69) is 59.7 Å². The van der Waals surface area contributed by atoms with Crippen LogP contribution in [0.5, 0.6) is 0 Å². The van der Waals surface area contributed by atoms with E-state index in [4.69, 9.17) is 5.11 Å². The smallest absolute Gasteiger partial charge is 0.0540 e. The summed E-state index contributed by atoms with van der Waals surface area (Å²) in [5.41, 5.74) is 1.10. The number of thiophene rings is 2. The highest BCUT2D eigenvalue weighted by atomic mass is 32.1. The Morgan fingerprint density at radius 1 is 1.29 bits per heavy atom. The molecule has 0 aliphatic rings. The number of aliphatic hydroxyl groups excluding tert-OH is 1. The van der Waals surface area contributed by atoms with Gasteiger partial charge >= 0.3 is 0 Å². The van der Waals surface area contributed by atoms with E-state index in [0.29, 0.717) is 12.5 Å². The molecule has 2 rings (SSSR count). The van der Waals surface area contributed by atoms with Crippen molar-refractivity contribution in [3.05, 3.63) is 44.3 Å². The zero-order chi connectivity index (χ0) is 15.1. The van der Waals surface area contributed by atoms with Gasteiger partial charge in [-0.1, -0.05) is 17.9 Å². The number of likely N-dealkylation sites (N-methyl/N-ethyl adjacent to an activating group) is 1. The zero-order valence-electron chi connectivity index (χ0n) is 12.5. The second-order valence-electron chi connectivity index (χ2n) is 5.08. The van der Waals surface area contributed by atoms with Gasteiger partial charge in [-0.2, -0.15) is 0 Å². The first-order valence-corrected chi connectivity index (χ1v) is 8.85. The van der Waals surface area contributed by atoms with Gasteiger partial charge in [-0.25, -0.2) is 0 Å². The lowest BCUT2D eigenvalue weighted by Crippen LogP contribution is -2.30. The number of aliphatic hydroxyl groups is 1. The van der Waals surface area contributed by atoms with Crippen LogP contribution in [0.4, 0.5) is 0 Å². The van der Waals surface area contributed by atoms with E-state index in [1.165, 1.54) is 9.75 Å². The molecule has 0 saturated carbocycles. The van der Waals surface area contributed by atoms with Crippen molar-refractivity contribution >= 4 is 22.7 Å². The molecule has 1 unspecified atom stereocenters. The van der Waals surface area contributed by atoms with Gasteiger partial charge in [0.05, 0.1) is 6.61 Å². The number of nitrogens with zero attached hydrogens (tertiary/aromatic N) is 1. The van der Waals surface area contributed by atoms with Gasteiger partial charge in [0.15, 0.2) is 0 Å². The molecule has 2 heterocycles. The van der Waals surface area contributed by atoms with Crippen molar-refractivity contribution < 1.29 is 5.11 Å². The minimum atomic E-state index is 0.129. The normalized spacial score (nSPS) is 12.2. The van der Waals surface area contributed by atoms with Crippen LogP contribution in [0.25, 0.3) is 0 Å². The lowest BCUT2D eigenvalue weighted by Gasteiger charge is -2.24. The maximum atomic E-state index is 8.80. The molecular weight excluding hydrogens is 298 g/mol. The summed E-state index contributed by atoms with van der Waals surface area (Å²) in [5.74, 6) is 6.17. The van der Waals surface area contributed by atoms with Gasteiger partial charge in [0, 0.05) is 34.3 Å². The van der Waals surface area contributed by atoms with Crippen LogP contribution < -0.4 is 0 Å². The van der Waals surface area contributed by atoms with Crippen LogP contribution in [0, 0.1) is 11.8 Å². The fourth-order valence-electron chi connectivity index (χ4n) is 2.05. The van der Waals surface area contributed by atoms with Crippen LogP contribution >= 0.6 is 22.7 Å². The highest BCUT2D eigenvalue weighted by molar-refractivity contribution is 7.10. The molecule has 112 valence electrons. The van der Waals surface area contributed by atoms with Crippen molar-refractivity contribution in [2.24, 2.45) is 0 Å². The molecule has 1 atom stereocenters. The van der Waals surface area contributed by atoms with Crippen molar-refractivity contribution in [3.63, 3.8) is 0 Å². The third-order valence-electron chi connectivity index (χ3n) is 3.43. The van der Waals surface area contributed by atoms with E-state index < -0.39 is 0 Å². The largest absolute Gasteiger partial charge is 0.395 e. The Labute approximate surface area is 135 Å². The molecule has 2 nitrogen and oxygen atoms in total. The molecule has 0 aromatic carbocycles. The predicted molar refractivity (Wildman–Crippen MR) is 91.9 cm³/mol. The van der Waals surface area contributed by atoms with Crippen molar-refractivity contribution in [1.29, 1.82) is 0 Å². The first kappa shape index (κ1) is 16.3. The summed E-state index contributed by atoms with van der Waals surface area (Å²) < 4.78 is 0. The average molecular weight is 319 g/mol. The van der Waals surface area contributed by atoms with Crippen LogP contribution in [0.3, 0.4) is 0 Å². The Balaban J connectivity index is 1.95. The summed E-state index contributed by atoms with van der Waals surface area (Å²) in [4.78, 5) is 5.12. The first-order valence-electron chi connectivity index (χ1n) is 7.09. The molecule has 0 aliphatic heterocycles. The summed E-state index contributed by atoms with van der Waals surface area (Å²) in [7, 11) is 2.17. The summed E-state index contributed by atoms with van der Waals surface area (Å²) in [5, 5.41) is 13.0. The number of hydrogen-bond donors (Lipinski definition) is 1. The second kappa shape index (κ2) is 8.35. The topological polar surface area (TPSA) is 23.5 Å². The number of hydrogen-bond acceptors (Lipinski definition) is 4. The van der Waals surface area contributed by atoms with E-state index >= 15 is 0 Å². The van der Waals surface area contributed by atoms with Gasteiger partial charge in [-0.3, -0.25) is 4.90 Å².